The molecule has 1 fully saturated rings. The van der Waals surface area contributed by atoms with Crippen LogP contribution < -0.4 is 10.2 Å². The minimum atomic E-state index is 0.148. The molecule has 32 heavy (non-hydrogen) atoms. The molecule has 0 aliphatic carbocycles. The minimum absolute atomic E-state index is 0.148. The summed E-state index contributed by atoms with van der Waals surface area (Å²) in [4.78, 5) is 29.3. The molecule has 2 aromatic heterocycles. The Morgan fingerprint density at radius 3 is 2.44 bits per heavy atom. The summed E-state index contributed by atoms with van der Waals surface area (Å²) < 4.78 is 0. The van der Waals surface area contributed by atoms with Gasteiger partial charge in [-0.2, -0.15) is 0 Å². The Bertz CT molecular complexity index is 1030. The van der Waals surface area contributed by atoms with Gasteiger partial charge in [-0.3, -0.25) is 9.78 Å². The van der Waals surface area contributed by atoms with Gasteiger partial charge < -0.3 is 15.1 Å². The van der Waals surface area contributed by atoms with Crippen LogP contribution in [0.15, 0.2) is 54.9 Å². The van der Waals surface area contributed by atoms with Crippen molar-refractivity contribution in [3.8, 4) is 11.3 Å². The third kappa shape index (κ3) is 5.41. The van der Waals surface area contributed by atoms with Crippen molar-refractivity contribution in [2.75, 3.05) is 36.4 Å². The lowest BCUT2D eigenvalue weighted by Crippen LogP contribution is -2.48. The van der Waals surface area contributed by atoms with Crippen LogP contribution in [-0.4, -0.2) is 51.9 Å². The van der Waals surface area contributed by atoms with Crippen LogP contribution in [0.5, 0.6) is 0 Å². The SMILES string of the molecule is CCCCc1ccc(-c2ccnc(Nc3ccc(N4CCN(C(C)=O)CC4)cc3)n2)cn1. The first-order valence-corrected chi connectivity index (χ1v) is 11.3. The highest BCUT2D eigenvalue weighted by molar-refractivity contribution is 5.73. The fourth-order valence-corrected chi connectivity index (χ4v) is 3.83. The van der Waals surface area contributed by atoms with Crippen molar-refractivity contribution in [3.05, 3.63) is 60.6 Å². The fourth-order valence-electron chi connectivity index (χ4n) is 3.83. The zero-order chi connectivity index (χ0) is 22.3. The number of piperazine rings is 1. The normalized spacial score (nSPS) is 13.8. The maximum Gasteiger partial charge on any atom is 0.227 e. The molecule has 0 atom stereocenters. The van der Waals surface area contributed by atoms with Gasteiger partial charge in [0.15, 0.2) is 0 Å². The second kappa shape index (κ2) is 10.2. The van der Waals surface area contributed by atoms with E-state index in [-0.39, 0.29) is 5.91 Å². The summed E-state index contributed by atoms with van der Waals surface area (Å²) in [6.07, 6.45) is 6.98. The van der Waals surface area contributed by atoms with Crippen LogP contribution >= 0.6 is 0 Å². The first kappa shape index (κ1) is 21.7. The van der Waals surface area contributed by atoms with Crippen LogP contribution in [0.1, 0.15) is 32.4 Å². The van der Waals surface area contributed by atoms with Gasteiger partial charge in [0.25, 0.3) is 0 Å². The number of amides is 1. The molecule has 4 rings (SSSR count). The zero-order valence-electron chi connectivity index (χ0n) is 18.8. The molecule has 1 amide bonds. The molecule has 1 aromatic carbocycles. The summed E-state index contributed by atoms with van der Waals surface area (Å²) in [6.45, 7) is 7.06. The van der Waals surface area contributed by atoms with Crippen LogP contribution in [0.3, 0.4) is 0 Å². The van der Waals surface area contributed by atoms with Crippen molar-refractivity contribution in [3.63, 3.8) is 0 Å². The molecule has 0 bridgehead atoms. The molecule has 1 aliphatic heterocycles. The number of unbranched alkanes of at least 4 members (excludes halogenated alkanes) is 1. The summed E-state index contributed by atoms with van der Waals surface area (Å²) in [5.41, 5.74) is 5.03. The molecule has 1 saturated heterocycles. The molecule has 0 spiro atoms. The van der Waals surface area contributed by atoms with Crippen molar-refractivity contribution < 1.29 is 4.79 Å². The van der Waals surface area contributed by atoms with E-state index in [9.17, 15) is 4.79 Å². The maximum absolute atomic E-state index is 11.5. The monoisotopic (exact) mass is 430 g/mol. The lowest BCUT2D eigenvalue weighted by atomic mass is 10.1. The van der Waals surface area contributed by atoms with Crippen molar-refractivity contribution in [2.24, 2.45) is 0 Å². The summed E-state index contributed by atoms with van der Waals surface area (Å²) in [5.74, 6) is 0.704. The summed E-state index contributed by atoms with van der Waals surface area (Å²) in [5, 5.41) is 3.29. The van der Waals surface area contributed by atoms with Crippen LogP contribution in [0.2, 0.25) is 0 Å². The maximum atomic E-state index is 11.5. The number of rotatable bonds is 7. The Morgan fingerprint density at radius 1 is 1.00 bits per heavy atom. The molecular formula is C25H30N6O. The minimum Gasteiger partial charge on any atom is -0.368 e. The van der Waals surface area contributed by atoms with Crippen LogP contribution in [-0.2, 0) is 11.2 Å². The van der Waals surface area contributed by atoms with Gasteiger partial charge in [-0.25, -0.2) is 9.97 Å². The lowest BCUT2D eigenvalue weighted by Gasteiger charge is -2.35. The Kier molecular flexibility index (Phi) is 6.94. The summed E-state index contributed by atoms with van der Waals surface area (Å²) in [7, 11) is 0. The van der Waals surface area contributed by atoms with E-state index in [0.29, 0.717) is 5.95 Å². The summed E-state index contributed by atoms with van der Waals surface area (Å²) in [6, 6.07) is 14.3. The van der Waals surface area contributed by atoms with E-state index >= 15 is 0 Å². The number of aryl methyl sites for hydroxylation is 1. The zero-order valence-corrected chi connectivity index (χ0v) is 18.8. The largest absolute Gasteiger partial charge is 0.368 e. The molecule has 1 N–H and O–H groups in total. The number of carbonyl (C=O) groups excluding carboxylic acids is 1. The second-order valence-corrected chi connectivity index (χ2v) is 8.07. The van der Waals surface area contributed by atoms with E-state index in [1.54, 1.807) is 13.1 Å². The van der Waals surface area contributed by atoms with E-state index in [0.717, 1.165) is 67.3 Å². The number of pyridine rings is 1. The topological polar surface area (TPSA) is 74.2 Å². The molecule has 7 heteroatoms. The number of aromatic nitrogens is 3. The van der Waals surface area contributed by atoms with Gasteiger partial charge in [0.2, 0.25) is 11.9 Å². The van der Waals surface area contributed by atoms with Crippen molar-refractivity contribution in [2.45, 2.75) is 33.1 Å². The third-order valence-electron chi connectivity index (χ3n) is 5.78. The van der Waals surface area contributed by atoms with Gasteiger partial charge in [0.1, 0.15) is 0 Å². The molecular weight excluding hydrogens is 400 g/mol. The molecule has 166 valence electrons. The first-order chi connectivity index (χ1) is 15.6. The molecule has 3 heterocycles. The Morgan fingerprint density at radius 2 is 1.78 bits per heavy atom. The molecule has 0 radical (unpaired) electrons. The van der Waals surface area contributed by atoms with Gasteiger partial charge in [-0.15, -0.1) is 0 Å². The van der Waals surface area contributed by atoms with Crippen LogP contribution in [0.25, 0.3) is 11.3 Å². The Labute approximate surface area is 189 Å². The first-order valence-electron chi connectivity index (χ1n) is 11.3. The lowest BCUT2D eigenvalue weighted by molar-refractivity contribution is -0.129. The van der Waals surface area contributed by atoms with E-state index in [4.69, 9.17) is 0 Å². The van der Waals surface area contributed by atoms with E-state index in [1.807, 2.05) is 29.3 Å². The standard InChI is InChI=1S/C25H30N6O/c1-3-4-5-21-7-6-20(18-27-21)24-12-13-26-25(29-24)28-22-8-10-23(11-9-22)31-16-14-30(15-17-31)19(2)32/h6-13,18H,3-5,14-17H2,1-2H3,(H,26,28,29). The van der Waals surface area contributed by atoms with E-state index < -0.39 is 0 Å². The Hall–Kier alpha value is -3.48. The third-order valence-corrected chi connectivity index (χ3v) is 5.78. The highest BCUT2D eigenvalue weighted by Crippen LogP contribution is 2.23. The average Bonchev–Trinajstić information content (AvgIpc) is 2.84. The Balaban J connectivity index is 1.39. The highest BCUT2D eigenvalue weighted by Gasteiger charge is 2.18. The molecule has 7 nitrogen and oxygen atoms in total. The van der Waals surface area contributed by atoms with Crippen molar-refractivity contribution >= 4 is 23.2 Å². The molecule has 3 aromatic rings. The second-order valence-electron chi connectivity index (χ2n) is 8.07. The smallest absolute Gasteiger partial charge is 0.227 e. The van der Waals surface area contributed by atoms with Gasteiger partial charge in [0.05, 0.1) is 5.69 Å². The number of nitrogens with one attached hydrogen (secondary N) is 1. The number of carbonyl (C=O) groups is 1. The highest BCUT2D eigenvalue weighted by atomic mass is 16.2. The van der Waals surface area contributed by atoms with Crippen LogP contribution in [0.4, 0.5) is 17.3 Å². The number of hydrogen-bond donors (Lipinski definition) is 1. The van der Waals surface area contributed by atoms with Crippen molar-refractivity contribution in [1.82, 2.24) is 19.9 Å². The van der Waals surface area contributed by atoms with E-state index in [1.165, 1.54) is 6.42 Å². The predicted octanol–water partition coefficient (Wildman–Crippen LogP) is 4.29. The number of anilines is 3. The quantitative estimate of drug-likeness (QED) is 0.603. The molecule has 0 unspecified atom stereocenters. The van der Waals surface area contributed by atoms with Gasteiger partial charge in [-0.1, -0.05) is 13.3 Å². The van der Waals surface area contributed by atoms with Crippen LogP contribution in [0, 0.1) is 0 Å². The molecule has 0 saturated carbocycles. The van der Waals surface area contributed by atoms with Gasteiger partial charge in [-0.05, 0) is 55.3 Å². The van der Waals surface area contributed by atoms with Gasteiger partial charge >= 0.3 is 0 Å². The number of nitrogens with zero attached hydrogens (tertiary/aromatic N) is 5. The van der Waals surface area contributed by atoms with Crippen molar-refractivity contribution in [1.29, 1.82) is 0 Å². The van der Waals surface area contributed by atoms with E-state index in [2.05, 4.69) is 56.4 Å². The predicted molar refractivity (Wildman–Crippen MR) is 128 cm³/mol. The number of hydrogen-bond acceptors (Lipinski definition) is 6. The number of benzene rings is 1. The molecule has 1 aliphatic rings. The average molecular weight is 431 g/mol. The summed E-state index contributed by atoms with van der Waals surface area (Å²) >= 11 is 0. The fraction of sp³-hybridized carbons (Fsp3) is 0.360. The van der Waals surface area contributed by atoms with Gasteiger partial charge in [0, 0.05) is 68.1 Å².